The Hall–Kier alpha value is -4.40. The van der Waals surface area contributed by atoms with Crippen LogP contribution in [0.4, 0.5) is 17.1 Å². The topological polar surface area (TPSA) is 114 Å². The van der Waals surface area contributed by atoms with Crippen LogP contribution in [0.2, 0.25) is 0 Å². The van der Waals surface area contributed by atoms with Gasteiger partial charge in [-0.2, -0.15) is 4.73 Å². The summed E-state index contributed by atoms with van der Waals surface area (Å²) in [7, 11) is 3.92. The first-order valence-corrected chi connectivity index (χ1v) is 9.84. The number of nitro benzene ring substituents is 1. The summed E-state index contributed by atoms with van der Waals surface area (Å²) in [5.74, 6) is 0.108. The summed E-state index contributed by atoms with van der Waals surface area (Å²) in [5, 5.41) is 24.3. The summed E-state index contributed by atoms with van der Waals surface area (Å²) in [6.45, 7) is 0. The monoisotopic (exact) mass is 431 g/mol. The molecule has 3 aromatic carbocycles. The molecule has 0 saturated carbocycles. The molecule has 0 radical (unpaired) electrons. The number of benzene rings is 3. The predicted octanol–water partition coefficient (Wildman–Crippen LogP) is 4.10. The number of anilines is 2. The summed E-state index contributed by atoms with van der Waals surface area (Å²) >= 11 is 0. The lowest BCUT2D eigenvalue weighted by Crippen LogP contribution is -2.14. The summed E-state index contributed by atoms with van der Waals surface area (Å²) in [6.07, 6.45) is 0.251. The maximum atomic E-state index is 12.4. The van der Waals surface area contributed by atoms with Crippen molar-refractivity contribution in [3.63, 3.8) is 0 Å². The average Bonchev–Trinajstić information content (AvgIpc) is 3.10. The number of imidazole rings is 1. The van der Waals surface area contributed by atoms with Crippen LogP contribution in [-0.4, -0.2) is 39.8 Å². The van der Waals surface area contributed by atoms with Gasteiger partial charge >= 0.3 is 0 Å². The number of rotatable bonds is 6. The molecule has 1 heterocycles. The van der Waals surface area contributed by atoms with E-state index in [2.05, 4.69) is 10.3 Å². The fraction of sp³-hybridized carbons (Fsp3) is 0.130. The minimum absolute atomic E-state index is 0.131. The molecule has 162 valence electrons. The van der Waals surface area contributed by atoms with Gasteiger partial charge in [0.25, 0.3) is 5.69 Å². The Balaban J connectivity index is 1.47. The second kappa shape index (κ2) is 8.38. The van der Waals surface area contributed by atoms with Gasteiger partial charge in [-0.05, 0) is 48.0 Å². The Morgan fingerprint density at radius 1 is 1.09 bits per heavy atom. The molecule has 9 heteroatoms. The van der Waals surface area contributed by atoms with Crippen LogP contribution < -0.4 is 10.2 Å². The lowest BCUT2D eigenvalue weighted by molar-refractivity contribution is -0.384. The third-order valence-electron chi connectivity index (χ3n) is 5.07. The molecule has 0 aliphatic heterocycles. The van der Waals surface area contributed by atoms with E-state index in [1.165, 1.54) is 18.2 Å². The second-order valence-corrected chi connectivity index (χ2v) is 7.54. The smallest absolute Gasteiger partial charge is 0.271 e. The molecule has 4 rings (SSSR count). The number of carbonyl (C=O) groups is 1. The van der Waals surface area contributed by atoms with Gasteiger partial charge in [0.05, 0.1) is 16.9 Å². The van der Waals surface area contributed by atoms with Crippen molar-refractivity contribution >= 4 is 34.0 Å². The lowest BCUT2D eigenvalue weighted by Gasteiger charge is -2.12. The highest BCUT2D eigenvalue weighted by atomic mass is 16.6. The number of nitrogens with one attached hydrogen (secondary N) is 1. The van der Waals surface area contributed by atoms with Crippen LogP contribution in [-0.2, 0) is 11.2 Å². The van der Waals surface area contributed by atoms with Crippen molar-refractivity contribution in [3.8, 4) is 11.4 Å². The Morgan fingerprint density at radius 3 is 2.41 bits per heavy atom. The molecule has 32 heavy (non-hydrogen) atoms. The maximum Gasteiger partial charge on any atom is 0.271 e. The molecular weight excluding hydrogens is 410 g/mol. The quantitative estimate of drug-likeness (QED) is 0.270. The number of aromatic nitrogens is 2. The van der Waals surface area contributed by atoms with Crippen LogP contribution in [0.3, 0.4) is 0 Å². The fourth-order valence-electron chi connectivity index (χ4n) is 3.36. The highest BCUT2D eigenvalue weighted by Crippen LogP contribution is 2.27. The van der Waals surface area contributed by atoms with Gasteiger partial charge in [0.1, 0.15) is 5.52 Å². The zero-order chi connectivity index (χ0) is 22.8. The van der Waals surface area contributed by atoms with Gasteiger partial charge in [-0.1, -0.05) is 12.1 Å². The largest absolute Gasteiger partial charge is 0.426 e. The van der Waals surface area contributed by atoms with E-state index in [1.807, 2.05) is 43.3 Å². The fourth-order valence-corrected chi connectivity index (χ4v) is 3.36. The van der Waals surface area contributed by atoms with Crippen LogP contribution in [0.1, 0.15) is 5.56 Å². The van der Waals surface area contributed by atoms with Gasteiger partial charge in [-0.3, -0.25) is 14.9 Å². The summed E-state index contributed by atoms with van der Waals surface area (Å²) in [4.78, 5) is 29.2. The third kappa shape index (κ3) is 4.22. The first-order chi connectivity index (χ1) is 15.3. The van der Waals surface area contributed by atoms with Gasteiger partial charge in [-0.15, -0.1) is 0 Å². The number of hydrogen-bond donors (Lipinski definition) is 2. The molecule has 9 nitrogen and oxygen atoms in total. The molecule has 0 aliphatic rings. The highest BCUT2D eigenvalue weighted by Gasteiger charge is 2.16. The Labute approximate surface area is 183 Å². The SMILES string of the molecule is CN(C)c1ccc(CC(=O)Nc2ccc(-c3nc4ccc([N+](=O)[O-])cc4n3O)cc2)cc1. The number of nitro groups is 1. The second-order valence-electron chi connectivity index (χ2n) is 7.54. The predicted molar refractivity (Wildman–Crippen MR) is 122 cm³/mol. The van der Waals surface area contributed by atoms with Gasteiger partial charge < -0.3 is 15.4 Å². The van der Waals surface area contributed by atoms with Crippen molar-refractivity contribution in [1.29, 1.82) is 0 Å². The maximum absolute atomic E-state index is 12.4. The minimum Gasteiger partial charge on any atom is -0.426 e. The molecule has 0 bridgehead atoms. The van der Waals surface area contributed by atoms with E-state index >= 15 is 0 Å². The summed E-state index contributed by atoms with van der Waals surface area (Å²) < 4.78 is 0.827. The average molecular weight is 431 g/mol. The number of carbonyl (C=O) groups excluding carboxylic acids is 1. The molecule has 1 aromatic heterocycles. The number of fused-ring (bicyclic) bond motifs is 1. The van der Waals surface area contributed by atoms with Gasteiger partial charge in [0.2, 0.25) is 5.91 Å². The van der Waals surface area contributed by atoms with Crippen LogP contribution in [0, 0.1) is 10.1 Å². The minimum atomic E-state index is -0.528. The van der Waals surface area contributed by atoms with Crippen LogP contribution >= 0.6 is 0 Å². The molecule has 0 spiro atoms. The molecule has 0 saturated heterocycles. The van der Waals surface area contributed by atoms with E-state index < -0.39 is 4.92 Å². The van der Waals surface area contributed by atoms with Crippen molar-refractivity contribution in [1.82, 2.24) is 9.71 Å². The summed E-state index contributed by atoms with van der Waals surface area (Å²) in [5.41, 5.74) is 3.73. The van der Waals surface area contributed by atoms with Crippen molar-refractivity contribution in [2.45, 2.75) is 6.42 Å². The number of amides is 1. The highest BCUT2D eigenvalue weighted by molar-refractivity contribution is 5.92. The van der Waals surface area contributed by atoms with Crippen molar-refractivity contribution < 1.29 is 14.9 Å². The Morgan fingerprint density at radius 2 is 1.78 bits per heavy atom. The zero-order valence-electron chi connectivity index (χ0n) is 17.5. The lowest BCUT2D eigenvalue weighted by atomic mass is 10.1. The van der Waals surface area contributed by atoms with E-state index in [-0.39, 0.29) is 29.4 Å². The van der Waals surface area contributed by atoms with E-state index in [0.717, 1.165) is 16.0 Å². The standard InChI is InChI=1S/C23H21N5O4/c1-26(2)18-9-3-15(4-10-18)13-22(29)24-17-7-5-16(6-8-17)23-25-20-12-11-19(28(31)32)14-21(20)27(23)30/h3-12,14,30H,13H2,1-2H3,(H,24,29). The molecule has 0 unspecified atom stereocenters. The van der Waals surface area contributed by atoms with Crippen molar-refractivity contribution in [2.75, 3.05) is 24.3 Å². The van der Waals surface area contributed by atoms with Gasteiger partial charge in [0.15, 0.2) is 5.82 Å². The van der Waals surface area contributed by atoms with E-state index in [0.29, 0.717) is 16.8 Å². The van der Waals surface area contributed by atoms with Gasteiger partial charge in [0, 0.05) is 43.2 Å². The van der Waals surface area contributed by atoms with Gasteiger partial charge in [-0.25, -0.2) is 4.98 Å². The number of hydrogen-bond acceptors (Lipinski definition) is 6. The molecule has 0 aliphatic carbocycles. The van der Waals surface area contributed by atoms with E-state index in [4.69, 9.17) is 0 Å². The summed E-state index contributed by atoms with van der Waals surface area (Å²) in [6, 6.07) is 18.7. The first kappa shape index (κ1) is 20.9. The zero-order valence-corrected chi connectivity index (χ0v) is 17.5. The van der Waals surface area contributed by atoms with E-state index in [1.54, 1.807) is 24.3 Å². The van der Waals surface area contributed by atoms with Crippen LogP contribution in [0.5, 0.6) is 0 Å². The molecule has 0 atom stereocenters. The van der Waals surface area contributed by atoms with Crippen LogP contribution in [0.25, 0.3) is 22.4 Å². The molecule has 1 amide bonds. The first-order valence-electron chi connectivity index (χ1n) is 9.84. The van der Waals surface area contributed by atoms with Crippen molar-refractivity contribution in [3.05, 3.63) is 82.4 Å². The molecular formula is C23H21N5O4. The van der Waals surface area contributed by atoms with E-state index in [9.17, 15) is 20.1 Å². The number of non-ortho nitro benzene ring substituents is 1. The molecule has 2 N–H and O–H groups in total. The Kier molecular flexibility index (Phi) is 5.46. The molecule has 0 fully saturated rings. The van der Waals surface area contributed by atoms with Crippen LogP contribution in [0.15, 0.2) is 66.7 Å². The molecule has 4 aromatic rings. The third-order valence-corrected chi connectivity index (χ3v) is 5.07. The normalized spacial score (nSPS) is 10.8. The Bertz CT molecular complexity index is 1290. The van der Waals surface area contributed by atoms with Crippen molar-refractivity contribution in [2.24, 2.45) is 0 Å². The number of nitrogens with zero attached hydrogens (tertiary/aromatic N) is 4.